The number of alkyl halides is 1. The minimum absolute atomic E-state index is 0.00923. The van der Waals surface area contributed by atoms with Crippen molar-refractivity contribution in [3.05, 3.63) is 35.9 Å². The highest BCUT2D eigenvalue weighted by atomic mass is 127. The first-order valence-corrected chi connectivity index (χ1v) is 9.98. The third kappa shape index (κ3) is 4.63. The van der Waals surface area contributed by atoms with E-state index < -0.39 is 6.09 Å². The standard InChI is InChI=1S/C18H24IN3O3/c19-17(15-6-2-1-3-7-15)21-8-4-5-14(12-21)11-20-9-10-22(18(24)25)13-16(20)23/h1-3,6-7,14,17H,4-5,8-13H2,(H,24,25). The molecule has 0 aromatic heterocycles. The van der Waals surface area contributed by atoms with Crippen LogP contribution in [0.4, 0.5) is 4.79 Å². The van der Waals surface area contributed by atoms with Crippen molar-refractivity contribution in [1.82, 2.24) is 14.7 Å². The molecule has 0 saturated carbocycles. The molecule has 2 aliphatic rings. The van der Waals surface area contributed by atoms with E-state index in [2.05, 4.69) is 51.8 Å². The molecule has 1 aromatic carbocycles. The number of halogens is 1. The van der Waals surface area contributed by atoms with Gasteiger partial charge in [0.25, 0.3) is 0 Å². The van der Waals surface area contributed by atoms with Crippen molar-refractivity contribution in [3.63, 3.8) is 0 Å². The van der Waals surface area contributed by atoms with Crippen molar-refractivity contribution < 1.29 is 14.7 Å². The molecule has 6 nitrogen and oxygen atoms in total. The smallest absolute Gasteiger partial charge is 0.407 e. The fourth-order valence-electron chi connectivity index (χ4n) is 3.65. The number of rotatable bonds is 4. The average molecular weight is 457 g/mol. The predicted molar refractivity (Wildman–Crippen MR) is 104 cm³/mol. The Labute approximate surface area is 161 Å². The number of benzene rings is 1. The van der Waals surface area contributed by atoms with Crippen molar-refractivity contribution in [2.45, 2.75) is 16.9 Å². The number of piperidine rings is 1. The number of hydrogen-bond acceptors (Lipinski definition) is 3. The Morgan fingerprint density at radius 3 is 2.68 bits per heavy atom. The number of nitrogens with zero attached hydrogens (tertiary/aromatic N) is 3. The zero-order chi connectivity index (χ0) is 17.8. The second-order valence-corrected chi connectivity index (χ2v) is 7.97. The van der Waals surface area contributed by atoms with Crippen LogP contribution in [0.3, 0.4) is 0 Å². The monoisotopic (exact) mass is 457 g/mol. The molecule has 2 aliphatic heterocycles. The Bertz CT molecular complexity index is 613. The summed E-state index contributed by atoms with van der Waals surface area (Å²) in [5.41, 5.74) is 1.31. The molecular formula is C18H24IN3O3. The maximum Gasteiger partial charge on any atom is 0.407 e. The van der Waals surface area contributed by atoms with Crippen LogP contribution in [0.15, 0.2) is 30.3 Å². The molecule has 1 aromatic rings. The molecule has 2 saturated heterocycles. The van der Waals surface area contributed by atoms with Crippen molar-refractivity contribution in [1.29, 1.82) is 0 Å². The van der Waals surface area contributed by atoms with Crippen LogP contribution in [-0.4, -0.2) is 71.1 Å². The van der Waals surface area contributed by atoms with Gasteiger partial charge in [-0.15, -0.1) is 0 Å². The van der Waals surface area contributed by atoms with E-state index in [1.807, 2.05) is 11.0 Å². The molecule has 25 heavy (non-hydrogen) atoms. The second-order valence-electron chi connectivity index (χ2n) is 6.79. The van der Waals surface area contributed by atoms with E-state index in [1.54, 1.807) is 0 Å². The number of carboxylic acid groups (broad SMARTS) is 1. The lowest BCUT2D eigenvalue weighted by atomic mass is 9.96. The molecular weight excluding hydrogens is 433 g/mol. The van der Waals surface area contributed by atoms with Crippen molar-refractivity contribution in [2.75, 3.05) is 39.3 Å². The van der Waals surface area contributed by atoms with Gasteiger partial charge in [0.2, 0.25) is 5.91 Å². The Balaban J connectivity index is 1.55. The highest BCUT2D eigenvalue weighted by Crippen LogP contribution is 2.32. The molecule has 136 valence electrons. The average Bonchev–Trinajstić information content (AvgIpc) is 2.63. The van der Waals surface area contributed by atoms with Crippen LogP contribution in [0.25, 0.3) is 0 Å². The summed E-state index contributed by atoms with van der Waals surface area (Å²) in [7, 11) is 0. The maximum atomic E-state index is 12.2. The highest BCUT2D eigenvalue weighted by molar-refractivity contribution is 14.1. The van der Waals surface area contributed by atoms with E-state index in [4.69, 9.17) is 5.11 Å². The third-order valence-electron chi connectivity index (χ3n) is 5.01. The molecule has 3 rings (SSSR count). The van der Waals surface area contributed by atoms with E-state index in [0.717, 1.165) is 32.5 Å². The molecule has 7 heteroatoms. The number of amides is 2. The van der Waals surface area contributed by atoms with Crippen molar-refractivity contribution >= 4 is 34.6 Å². The van der Waals surface area contributed by atoms with Gasteiger partial charge in [-0.1, -0.05) is 52.9 Å². The van der Waals surface area contributed by atoms with Crippen LogP contribution in [0.2, 0.25) is 0 Å². The number of piperazine rings is 1. The molecule has 2 fully saturated rings. The summed E-state index contributed by atoms with van der Waals surface area (Å²) in [6.07, 6.45) is 1.26. The molecule has 0 spiro atoms. The fraction of sp³-hybridized carbons (Fsp3) is 0.556. The summed E-state index contributed by atoms with van der Waals surface area (Å²) < 4.78 is 0.348. The third-order valence-corrected chi connectivity index (χ3v) is 6.52. The lowest BCUT2D eigenvalue weighted by Crippen LogP contribution is -2.54. The van der Waals surface area contributed by atoms with E-state index in [-0.39, 0.29) is 12.5 Å². The van der Waals surface area contributed by atoms with Gasteiger partial charge < -0.3 is 10.0 Å². The summed E-state index contributed by atoms with van der Waals surface area (Å²) in [5.74, 6) is 0.384. The predicted octanol–water partition coefficient (Wildman–Crippen LogP) is 2.65. The molecule has 0 aliphatic carbocycles. The van der Waals surface area contributed by atoms with Gasteiger partial charge in [-0.2, -0.15) is 0 Å². The van der Waals surface area contributed by atoms with Crippen LogP contribution in [0.5, 0.6) is 0 Å². The van der Waals surface area contributed by atoms with Crippen LogP contribution in [-0.2, 0) is 4.79 Å². The van der Waals surface area contributed by atoms with Crippen LogP contribution >= 0.6 is 22.6 Å². The fourth-order valence-corrected chi connectivity index (χ4v) is 4.57. The van der Waals surface area contributed by atoms with Gasteiger partial charge in [-0.3, -0.25) is 14.6 Å². The van der Waals surface area contributed by atoms with Crippen LogP contribution in [0, 0.1) is 5.92 Å². The highest BCUT2D eigenvalue weighted by Gasteiger charge is 2.31. The van der Waals surface area contributed by atoms with E-state index in [9.17, 15) is 9.59 Å². The summed E-state index contributed by atoms with van der Waals surface area (Å²) in [6, 6.07) is 10.5. The first-order chi connectivity index (χ1) is 12.0. The van der Waals surface area contributed by atoms with Gasteiger partial charge in [-0.05, 0) is 30.9 Å². The first-order valence-electron chi connectivity index (χ1n) is 8.73. The molecule has 1 N–H and O–H groups in total. The largest absolute Gasteiger partial charge is 0.465 e. The Kier molecular flexibility index (Phi) is 6.16. The Morgan fingerprint density at radius 2 is 2.00 bits per heavy atom. The lowest BCUT2D eigenvalue weighted by molar-refractivity contribution is -0.136. The first kappa shape index (κ1) is 18.4. The summed E-state index contributed by atoms with van der Waals surface area (Å²) in [5, 5.41) is 9.02. The number of carbonyl (C=O) groups excluding carboxylic acids is 1. The van der Waals surface area contributed by atoms with Gasteiger partial charge in [0.1, 0.15) is 6.54 Å². The minimum atomic E-state index is -1.01. The number of hydrogen-bond donors (Lipinski definition) is 1. The van der Waals surface area contributed by atoms with Crippen LogP contribution < -0.4 is 0 Å². The normalized spacial score (nSPS) is 23.6. The summed E-state index contributed by atoms with van der Waals surface area (Å²) in [4.78, 5) is 28.8. The van der Waals surface area contributed by atoms with Crippen LogP contribution in [0.1, 0.15) is 22.5 Å². The van der Waals surface area contributed by atoms with Gasteiger partial charge in [-0.25, -0.2) is 4.79 Å². The quantitative estimate of drug-likeness (QED) is 0.429. The maximum absolute atomic E-state index is 12.2. The summed E-state index contributed by atoms with van der Waals surface area (Å²) >= 11 is 2.49. The van der Waals surface area contributed by atoms with Gasteiger partial charge in [0.05, 0.1) is 4.05 Å². The minimum Gasteiger partial charge on any atom is -0.465 e. The van der Waals surface area contributed by atoms with Gasteiger partial charge >= 0.3 is 6.09 Å². The molecule has 2 unspecified atom stereocenters. The number of likely N-dealkylation sites (tertiary alicyclic amines) is 1. The molecule has 0 radical (unpaired) electrons. The van der Waals surface area contributed by atoms with E-state index in [0.29, 0.717) is 23.1 Å². The zero-order valence-electron chi connectivity index (χ0n) is 14.2. The molecule has 0 bridgehead atoms. The van der Waals surface area contributed by atoms with E-state index in [1.165, 1.54) is 10.5 Å². The van der Waals surface area contributed by atoms with Crippen molar-refractivity contribution in [2.24, 2.45) is 5.92 Å². The number of carbonyl (C=O) groups is 2. The topological polar surface area (TPSA) is 64.1 Å². The lowest BCUT2D eigenvalue weighted by Gasteiger charge is -2.40. The molecule has 2 amide bonds. The zero-order valence-corrected chi connectivity index (χ0v) is 16.3. The Hall–Kier alpha value is -1.35. The Morgan fingerprint density at radius 1 is 1.24 bits per heavy atom. The molecule has 2 atom stereocenters. The van der Waals surface area contributed by atoms with E-state index >= 15 is 0 Å². The summed E-state index contributed by atoms with van der Waals surface area (Å²) in [6.45, 7) is 3.71. The second kappa shape index (κ2) is 8.35. The van der Waals surface area contributed by atoms with Crippen molar-refractivity contribution in [3.8, 4) is 0 Å². The molecule has 2 heterocycles. The SMILES string of the molecule is O=C(O)N1CCN(CC2CCCN(C(I)c3ccccc3)C2)C(=O)C1. The van der Waals surface area contributed by atoms with Gasteiger partial charge in [0.15, 0.2) is 0 Å². The van der Waals surface area contributed by atoms with Gasteiger partial charge in [0, 0.05) is 26.2 Å².